The van der Waals surface area contributed by atoms with E-state index in [1.54, 1.807) is 11.3 Å². The van der Waals surface area contributed by atoms with Gasteiger partial charge >= 0.3 is 0 Å². The number of aromatic nitrogens is 2. The number of rotatable bonds is 4. The molecule has 0 unspecified atom stereocenters. The molecule has 0 aromatic carbocycles. The lowest BCUT2D eigenvalue weighted by atomic mass is 10.2. The van der Waals surface area contributed by atoms with Gasteiger partial charge < -0.3 is 5.32 Å². The molecule has 0 aliphatic heterocycles. The molecule has 2 aromatic heterocycles. The molecule has 2 aliphatic carbocycles. The zero-order valence-electron chi connectivity index (χ0n) is 13.3. The Bertz CT molecular complexity index is 766. The van der Waals surface area contributed by atoms with Crippen LogP contribution in [0.4, 0.5) is 0 Å². The number of nitrogens with zero attached hydrogens (tertiary/aromatic N) is 2. The van der Waals surface area contributed by atoms with Gasteiger partial charge in [0, 0.05) is 17.0 Å². The summed E-state index contributed by atoms with van der Waals surface area (Å²) in [6.45, 7) is 4.85. The average Bonchev–Trinajstić information content (AvgIpc) is 3.10. The Morgan fingerprint density at radius 3 is 2.64 bits per heavy atom. The highest BCUT2D eigenvalue weighted by Gasteiger charge is 2.29. The Kier molecular flexibility index (Phi) is 3.57. The van der Waals surface area contributed by atoms with Gasteiger partial charge in [0.2, 0.25) is 0 Å². The molecular weight excluding hydrogens is 294 g/mol. The molecule has 2 aliphatic rings. The maximum absolute atomic E-state index is 13.0. The van der Waals surface area contributed by atoms with Crippen LogP contribution in [0.5, 0.6) is 0 Å². The second-order valence-electron chi connectivity index (χ2n) is 6.76. The molecule has 22 heavy (non-hydrogen) atoms. The van der Waals surface area contributed by atoms with Crippen LogP contribution in [0.2, 0.25) is 0 Å². The van der Waals surface area contributed by atoms with Gasteiger partial charge in [-0.2, -0.15) is 0 Å². The van der Waals surface area contributed by atoms with Gasteiger partial charge in [0.25, 0.3) is 5.56 Å². The number of thiophene rings is 1. The van der Waals surface area contributed by atoms with E-state index >= 15 is 0 Å². The maximum Gasteiger partial charge on any atom is 0.262 e. The Morgan fingerprint density at radius 1 is 1.23 bits per heavy atom. The summed E-state index contributed by atoms with van der Waals surface area (Å²) in [4.78, 5) is 19.9. The zero-order chi connectivity index (χ0) is 15.3. The molecular formula is C17H23N3OS. The van der Waals surface area contributed by atoms with Gasteiger partial charge in [-0.05, 0) is 45.1 Å². The van der Waals surface area contributed by atoms with Gasteiger partial charge in [-0.1, -0.05) is 12.8 Å². The standard InChI is InChI=1S/C17H23N3OS/c1-10-11(2)22-16-15(10)17(21)20(13-7-8-13)14(19-16)9-18-12-5-3-4-6-12/h12-13,18H,3-9H2,1-2H3. The fourth-order valence-corrected chi connectivity index (χ4v) is 4.59. The molecule has 0 bridgehead atoms. The fourth-order valence-electron chi connectivity index (χ4n) is 3.55. The van der Waals surface area contributed by atoms with E-state index in [0.29, 0.717) is 12.1 Å². The molecule has 2 saturated carbocycles. The van der Waals surface area contributed by atoms with Crippen molar-refractivity contribution in [1.29, 1.82) is 0 Å². The molecule has 2 aromatic rings. The van der Waals surface area contributed by atoms with Crippen molar-refractivity contribution in [2.45, 2.75) is 71.0 Å². The first kappa shape index (κ1) is 14.4. The van der Waals surface area contributed by atoms with Crippen molar-refractivity contribution >= 4 is 21.6 Å². The van der Waals surface area contributed by atoms with Crippen LogP contribution in [0.15, 0.2) is 4.79 Å². The number of fused-ring (bicyclic) bond motifs is 1. The lowest BCUT2D eigenvalue weighted by molar-refractivity contribution is 0.494. The van der Waals surface area contributed by atoms with Crippen LogP contribution >= 0.6 is 11.3 Å². The molecule has 0 spiro atoms. The summed E-state index contributed by atoms with van der Waals surface area (Å²) >= 11 is 1.65. The SMILES string of the molecule is Cc1sc2nc(CNC3CCCC3)n(C3CC3)c(=O)c2c1C. The molecule has 1 N–H and O–H groups in total. The Morgan fingerprint density at radius 2 is 1.95 bits per heavy atom. The Labute approximate surface area is 134 Å². The van der Waals surface area contributed by atoms with Gasteiger partial charge in [-0.15, -0.1) is 11.3 Å². The summed E-state index contributed by atoms with van der Waals surface area (Å²) < 4.78 is 1.98. The second-order valence-corrected chi connectivity index (χ2v) is 7.96. The number of nitrogens with one attached hydrogen (secondary N) is 1. The van der Waals surface area contributed by atoms with Crippen LogP contribution in [0.25, 0.3) is 10.2 Å². The molecule has 2 heterocycles. The number of hydrogen-bond acceptors (Lipinski definition) is 4. The highest BCUT2D eigenvalue weighted by atomic mass is 32.1. The minimum absolute atomic E-state index is 0.178. The van der Waals surface area contributed by atoms with E-state index in [-0.39, 0.29) is 5.56 Å². The Balaban J connectivity index is 1.75. The van der Waals surface area contributed by atoms with Crippen molar-refractivity contribution in [1.82, 2.24) is 14.9 Å². The third-order valence-electron chi connectivity index (χ3n) is 5.12. The summed E-state index contributed by atoms with van der Waals surface area (Å²) in [7, 11) is 0. The van der Waals surface area contributed by atoms with Crippen LogP contribution < -0.4 is 10.9 Å². The number of aryl methyl sites for hydroxylation is 2. The van der Waals surface area contributed by atoms with E-state index in [4.69, 9.17) is 4.98 Å². The smallest absolute Gasteiger partial charge is 0.262 e. The van der Waals surface area contributed by atoms with E-state index in [9.17, 15) is 4.79 Å². The van der Waals surface area contributed by atoms with Crippen molar-refractivity contribution in [3.05, 3.63) is 26.6 Å². The molecule has 118 valence electrons. The van der Waals surface area contributed by atoms with Crippen molar-refractivity contribution in [3.63, 3.8) is 0 Å². The van der Waals surface area contributed by atoms with Crippen molar-refractivity contribution in [3.8, 4) is 0 Å². The third-order valence-corrected chi connectivity index (χ3v) is 6.23. The molecule has 5 heteroatoms. The van der Waals surface area contributed by atoms with E-state index in [0.717, 1.165) is 41.0 Å². The summed E-state index contributed by atoms with van der Waals surface area (Å²) in [6, 6.07) is 0.983. The van der Waals surface area contributed by atoms with Crippen LogP contribution in [-0.2, 0) is 6.54 Å². The lowest BCUT2D eigenvalue weighted by Gasteiger charge is -2.15. The third kappa shape index (κ3) is 2.40. The van der Waals surface area contributed by atoms with Crippen LogP contribution in [0.1, 0.15) is 60.8 Å². The van der Waals surface area contributed by atoms with Gasteiger partial charge in [0.05, 0.1) is 11.9 Å². The summed E-state index contributed by atoms with van der Waals surface area (Å²) in [5.74, 6) is 0.938. The van der Waals surface area contributed by atoms with Gasteiger partial charge in [-0.3, -0.25) is 9.36 Å². The molecule has 0 radical (unpaired) electrons. The normalized spacial score (nSPS) is 19.4. The molecule has 4 nitrogen and oxygen atoms in total. The molecule has 4 rings (SSSR count). The minimum atomic E-state index is 0.178. The Hall–Kier alpha value is -1.20. The van der Waals surface area contributed by atoms with Crippen LogP contribution in [0.3, 0.4) is 0 Å². The van der Waals surface area contributed by atoms with Crippen molar-refractivity contribution < 1.29 is 0 Å². The largest absolute Gasteiger partial charge is 0.307 e. The van der Waals surface area contributed by atoms with Gasteiger partial charge in [0.1, 0.15) is 10.7 Å². The first-order valence-electron chi connectivity index (χ1n) is 8.39. The highest BCUT2D eigenvalue weighted by molar-refractivity contribution is 7.18. The van der Waals surface area contributed by atoms with Gasteiger partial charge in [-0.25, -0.2) is 4.98 Å². The molecule has 0 saturated heterocycles. The fraction of sp³-hybridized carbons (Fsp3) is 0.647. The summed E-state index contributed by atoms with van der Waals surface area (Å²) in [5, 5.41) is 4.46. The lowest BCUT2D eigenvalue weighted by Crippen LogP contribution is -2.31. The summed E-state index contributed by atoms with van der Waals surface area (Å²) in [6.07, 6.45) is 7.39. The van der Waals surface area contributed by atoms with E-state index < -0.39 is 0 Å². The first-order chi connectivity index (χ1) is 10.6. The van der Waals surface area contributed by atoms with Crippen LogP contribution in [-0.4, -0.2) is 15.6 Å². The zero-order valence-corrected chi connectivity index (χ0v) is 14.1. The topological polar surface area (TPSA) is 46.9 Å². The van der Waals surface area contributed by atoms with Crippen LogP contribution in [0, 0.1) is 13.8 Å². The molecule has 2 fully saturated rings. The molecule has 0 amide bonds. The number of hydrogen-bond donors (Lipinski definition) is 1. The predicted octanol–water partition coefficient (Wildman–Crippen LogP) is 3.44. The summed E-state index contributed by atoms with van der Waals surface area (Å²) in [5.41, 5.74) is 1.29. The van der Waals surface area contributed by atoms with E-state index in [1.807, 2.05) is 11.5 Å². The van der Waals surface area contributed by atoms with Gasteiger partial charge in [0.15, 0.2) is 0 Å². The minimum Gasteiger partial charge on any atom is -0.307 e. The van der Waals surface area contributed by atoms with Crippen molar-refractivity contribution in [2.24, 2.45) is 0 Å². The molecule has 0 atom stereocenters. The average molecular weight is 317 g/mol. The van der Waals surface area contributed by atoms with E-state index in [2.05, 4.69) is 12.2 Å². The van der Waals surface area contributed by atoms with Crippen molar-refractivity contribution in [2.75, 3.05) is 0 Å². The maximum atomic E-state index is 13.0. The monoisotopic (exact) mass is 317 g/mol. The second kappa shape index (κ2) is 5.46. The first-order valence-corrected chi connectivity index (χ1v) is 9.21. The quantitative estimate of drug-likeness (QED) is 0.939. The highest BCUT2D eigenvalue weighted by Crippen LogP contribution is 2.36. The predicted molar refractivity (Wildman–Crippen MR) is 90.7 cm³/mol. The van der Waals surface area contributed by atoms with E-state index in [1.165, 1.54) is 30.6 Å².